The number of rotatable bonds is 8. The van der Waals surface area contributed by atoms with Gasteiger partial charge in [0.2, 0.25) is 11.7 Å². The van der Waals surface area contributed by atoms with E-state index in [0.29, 0.717) is 5.56 Å². The van der Waals surface area contributed by atoms with Crippen molar-refractivity contribution in [3.8, 4) is 17.1 Å². The Hall–Kier alpha value is -4.13. The molecule has 3 aromatic rings. The number of carbonyl (C=O) groups is 2. The molecule has 172 valence electrons. The van der Waals surface area contributed by atoms with Gasteiger partial charge in [0.15, 0.2) is 23.1 Å². The van der Waals surface area contributed by atoms with Gasteiger partial charge >= 0.3 is 0 Å². The largest absolute Gasteiger partial charge is 0.492 e. The lowest BCUT2D eigenvalue weighted by Gasteiger charge is -2.15. The van der Waals surface area contributed by atoms with Gasteiger partial charge in [-0.1, -0.05) is 5.16 Å². The zero-order chi connectivity index (χ0) is 23.5. The van der Waals surface area contributed by atoms with Crippen molar-refractivity contribution in [2.75, 3.05) is 24.8 Å². The zero-order valence-corrected chi connectivity index (χ0v) is 18.1. The molecule has 33 heavy (non-hydrogen) atoms. The number of ether oxygens (including phenoxy) is 1. The minimum Gasteiger partial charge on any atom is -0.492 e. The Bertz CT molecular complexity index is 1190. The third-order valence-electron chi connectivity index (χ3n) is 4.84. The Kier molecular flexibility index (Phi) is 6.13. The third-order valence-corrected chi connectivity index (χ3v) is 4.84. The van der Waals surface area contributed by atoms with E-state index in [1.165, 1.54) is 33.3 Å². The van der Waals surface area contributed by atoms with E-state index < -0.39 is 12.0 Å². The summed E-state index contributed by atoms with van der Waals surface area (Å²) in [6, 6.07) is 3.11. The highest BCUT2D eigenvalue weighted by molar-refractivity contribution is 5.99. The van der Waals surface area contributed by atoms with E-state index in [-0.39, 0.29) is 52.3 Å². The van der Waals surface area contributed by atoms with Crippen LogP contribution in [0.5, 0.6) is 5.75 Å². The fourth-order valence-corrected chi connectivity index (χ4v) is 2.97. The van der Waals surface area contributed by atoms with Crippen molar-refractivity contribution in [1.82, 2.24) is 30.6 Å². The molecule has 0 aromatic carbocycles. The number of aliphatic hydroxyl groups excluding tert-OH is 1. The average molecular weight is 454 g/mol. The van der Waals surface area contributed by atoms with E-state index in [2.05, 4.69) is 41.3 Å². The maximum atomic E-state index is 12.3. The number of nitrogens with zero attached hydrogens (tertiary/aromatic N) is 5. The molecule has 1 aliphatic rings. The fraction of sp³-hybridized carbons (Fsp3) is 0.350. The van der Waals surface area contributed by atoms with Crippen molar-refractivity contribution in [1.29, 1.82) is 0 Å². The smallest absolute Gasteiger partial charge is 0.273 e. The Morgan fingerprint density at radius 1 is 1.30 bits per heavy atom. The predicted octanol–water partition coefficient (Wildman–Crippen LogP) is 1.44. The summed E-state index contributed by atoms with van der Waals surface area (Å²) in [6.45, 7) is 1.50. The van der Waals surface area contributed by atoms with Crippen LogP contribution in [0, 0.1) is 5.92 Å². The van der Waals surface area contributed by atoms with E-state index in [9.17, 15) is 14.7 Å². The molecule has 0 saturated heterocycles. The molecular weight excluding hydrogens is 432 g/mol. The molecular formula is C20H22N8O5. The second-order valence-corrected chi connectivity index (χ2v) is 7.33. The number of amides is 2. The van der Waals surface area contributed by atoms with Crippen LogP contribution in [-0.4, -0.2) is 56.4 Å². The first-order valence-corrected chi connectivity index (χ1v) is 10.1. The number of pyridine rings is 1. The van der Waals surface area contributed by atoms with Crippen LogP contribution in [0.4, 0.5) is 17.3 Å². The van der Waals surface area contributed by atoms with Crippen molar-refractivity contribution in [2.45, 2.75) is 25.9 Å². The van der Waals surface area contributed by atoms with Crippen molar-refractivity contribution in [3.05, 3.63) is 29.9 Å². The number of methoxy groups -OCH3 is 1. The zero-order valence-electron chi connectivity index (χ0n) is 18.1. The molecule has 0 bridgehead atoms. The Balaban J connectivity index is 1.70. The number of carbonyl (C=O) groups excluding carboxylic acids is 2. The van der Waals surface area contributed by atoms with Gasteiger partial charge in [-0.2, -0.15) is 4.98 Å². The molecule has 1 atom stereocenters. The Labute approximate surface area is 188 Å². The van der Waals surface area contributed by atoms with Gasteiger partial charge in [-0.15, -0.1) is 10.2 Å². The first-order chi connectivity index (χ1) is 15.9. The molecule has 13 nitrogen and oxygen atoms in total. The number of hydrogen-bond donors (Lipinski definition) is 4. The first kappa shape index (κ1) is 22.1. The number of anilines is 3. The van der Waals surface area contributed by atoms with Crippen molar-refractivity contribution in [2.24, 2.45) is 5.92 Å². The van der Waals surface area contributed by atoms with Gasteiger partial charge in [0.1, 0.15) is 6.10 Å². The van der Waals surface area contributed by atoms with Crippen LogP contribution < -0.4 is 20.7 Å². The minimum absolute atomic E-state index is 0.00729. The number of aromatic nitrogens is 5. The number of nitrogens with one attached hydrogen (secondary N) is 3. The van der Waals surface area contributed by atoms with Gasteiger partial charge in [0.25, 0.3) is 11.8 Å². The van der Waals surface area contributed by atoms with Crippen LogP contribution >= 0.6 is 0 Å². The maximum absolute atomic E-state index is 12.3. The van der Waals surface area contributed by atoms with Gasteiger partial charge in [-0.25, -0.2) is 4.98 Å². The second-order valence-electron chi connectivity index (χ2n) is 7.33. The van der Waals surface area contributed by atoms with Crippen LogP contribution in [0.25, 0.3) is 11.4 Å². The standard InChI is InChI=1S/C20H22N8O5/c1-9(29)20-25-16(28-33-20)11-6-7-22-17(15(11)32-3)23-12-8-13(24-18(30)10-4-5-10)26-27-14(12)19(31)21-2/h6-10,29H,4-5H2,1-3H3,(H,21,31)(H2,22,23,24,26,30)/t9-/m0/s1. The lowest BCUT2D eigenvalue weighted by atomic mass is 10.2. The fourth-order valence-electron chi connectivity index (χ4n) is 2.97. The molecule has 0 spiro atoms. The monoisotopic (exact) mass is 454 g/mol. The molecule has 0 unspecified atom stereocenters. The number of aliphatic hydroxyl groups is 1. The lowest BCUT2D eigenvalue weighted by molar-refractivity contribution is -0.117. The number of hydrogen-bond acceptors (Lipinski definition) is 11. The summed E-state index contributed by atoms with van der Waals surface area (Å²) in [5.74, 6) is 0.264. The van der Waals surface area contributed by atoms with E-state index in [4.69, 9.17) is 9.26 Å². The van der Waals surface area contributed by atoms with E-state index >= 15 is 0 Å². The quantitative estimate of drug-likeness (QED) is 0.387. The van der Waals surface area contributed by atoms with Crippen LogP contribution in [0.3, 0.4) is 0 Å². The molecule has 4 rings (SSSR count). The Morgan fingerprint density at radius 3 is 2.73 bits per heavy atom. The highest BCUT2D eigenvalue weighted by Crippen LogP contribution is 2.36. The molecule has 0 aliphatic heterocycles. The van der Waals surface area contributed by atoms with Crippen molar-refractivity contribution in [3.63, 3.8) is 0 Å². The second kappa shape index (κ2) is 9.16. The summed E-state index contributed by atoms with van der Waals surface area (Å²) in [5.41, 5.74) is 0.680. The highest BCUT2D eigenvalue weighted by Gasteiger charge is 2.30. The van der Waals surface area contributed by atoms with Gasteiger partial charge in [0.05, 0.1) is 18.4 Å². The maximum Gasteiger partial charge on any atom is 0.273 e. The third kappa shape index (κ3) is 4.72. The van der Waals surface area contributed by atoms with E-state index in [1.807, 2.05) is 0 Å². The molecule has 0 radical (unpaired) electrons. The molecule has 3 aromatic heterocycles. The van der Waals surface area contributed by atoms with E-state index in [1.54, 1.807) is 6.07 Å². The van der Waals surface area contributed by atoms with Crippen LogP contribution in [0.1, 0.15) is 42.2 Å². The minimum atomic E-state index is -0.932. The van der Waals surface area contributed by atoms with Crippen LogP contribution in [-0.2, 0) is 4.79 Å². The van der Waals surface area contributed by atoms with Crippen molar-refractivity contribution < 1.29 is 24.0 Å². The summed E-state index contributed by atoms with van der Waals surface area (Å²) in [6.07, 6.45) is 2.23. The van der Waals surface area contributed by atoms with Gasteiger partial charge in [-0.05, 0) is 25.8 Å². The molecule has 1 saturated carbocycles. The highest BCUT2D eigenvalue weighted by atomic mass is 16.5. The summed E-state index contributed by atoms with van der Waals surface area (Å²) in [7, 11) is 2.90. The van der Waals surface area contributed by atoms with Crippen LogP contribution in [0.2, 0.25) is 0 Å². The van der Waals surface area contributed by atoms with Gasteiger partial charge < -0.3 is 30.3 Å². The summed E-state index contributed by atoms with van der Waals surface area (Å²) in [4.78, 5) is 32.9. The lowest BCUT2D eigenvalue weighted by Crippen LogP contribution is -2.22. The molecule has 3 heterocycles. The average Bonchev–Trinajstić information content (AvgIpc) is 3.55. The SMILES string of the molecule is CNC(=O)c1nnc(NC(=O)C2CC2)cc1Nc1nccc(-c2noc([C@H](C)O)n2)c1OC. The summed E-state index contributed by atoms with van der Waals surface area (Å²) < 4.78 is 10.6. The summed E-state index contributed by atoms with van der Waals surface area (Å²) in [5, 5.41) is 29.7. The molecule has 13 heteroatoms. The Morgan fingerprint density at radius 2 is 2.09 bits per heavy atom. The summed E-state index contributed by atoms with van der Waals surface area (Å²) >= 11 is 0. The van der Waals surface area contributed by atoms with E-state index in [0.717, 1.165) is 12.8 Å². The predicted molar refractivity (Wildman–Crippen MR) is 115 cm³/mol. The molecule has 2 amide bonds. The van der Waals surface area contributed by atoms with Gasteiger partial charge in [-0.3, -0.25) is 9.59 Å². The first-order valence-electron chi connectivity index (χ1n) is 10.1. The van der Waals surface area contributed by atoms with Gasteiger partial charge in [0, 0.05) is 25.2 Å². The van der Waals surface area contributed by atoms with Crippen LogP contribution in [0.15, 0.2) is 22.9 Å². The topological polar surface area (TPSA) is 177 Å². The normalized spacial score (nSPS) is 13.8. The van der Waals surface area contributed by atoms with Crippen molar-refractivity contribution >= 4 is 29.1 Å². The molecule has 1 aliphatic carbocycles. The molecule has 4 N–H and O–H groups in total. The molecule has 1 fully saturated rings.